The van der Waals surface area contributed by atoms with Crippen LogP contribution in [0.1, 0.15) is 44.9 Å². The quantitative estimate of drug-likeness (QED) is 0.757. The first-order chi connectivity index (χ1) is 7.69. The second kappa shape index (κ2) is 3.90. The van der Waals surface area contributed by atoms with Gasteiger partial charge in [0.1, 0.15) is 0 Å². The van der Waals surface area contributed by atoms with Gasteiger partial charge in [0.15, 0.2) is 0 Å². The highest BCUT2D eigenvalue weighted by Crippen LogP contribution is 2.55. The zero-order valence-corrected chi connectivity index (χ0v) is 10.4. The van der Waals surface area contributed by atoms with Crippen molar-refractivity contribution in [2.45, 2.75) is 50.5 Å². The fraction of sp³-hybridized carbons (Fsp3) is 0.923. The van der Waals surface area contributed by atoms with Crippen LogP contribution in [0.2, 0.25) is 0 Å². The van der Waals surface area contributed by atoms with Gasteiger partial charge >= 0.3 is 0 Å². The molecule has 4 bridgehead atoms. The van der Waals surface area contributed by atoms with Gasteiger partial charge in [0.2, 0.25) is 5.91 Å². The lowest BCUT2D eigenvalue weighted by Gasteiger charge is -2.56. The molecule has 90 valence electrons. The lowest BCUT2D eigenvalue weighted by Crippen LogP contribution is -2.59. The number of nitrogens with one attached hydrogen (secondary N) is 1. The van der Waals surface area contributed by atoms with E-state index in [1.54, 1.807) is 0 Å². The molecular weight excluding hydrogens is 222 g/mol. The molecule has 1 amide bonds. The summed E-state index contributed by atoms with van der Waals surface area (Å²) in [5.41, 5.74) is 0.165. The maximum atomic E-state index is 11.7. The van der Waals surface area contributed by atoms with Gasteiger partial charge in [0.25, 0.3) is 0 Å². The number of amides is 1. The second-order valence-corrected chi connectivity index (χ2v) is 6.56. The summed E-state index contributed by atoms with van der Waals surface area (Å²) in [5.74, 6) is 3.28. The molecular formula is C13H20ClNO. The van der Waals surface area contributed by atoms with E-state index in [9.17, 15) is 4.79 Å². The van der Waals surface area contributed by atoms with Crippen LogP contribution in [0.3, 0.4) is 0 Å². The molecule has 0 spiro atoms. The molecule has 0 aromatic heterocycles. The Balaban J connectivity index is 1.71. The number of carbonyl (C=O) groups excluding carboxylic acids is 1. The smallest absolute Gasteiger partial charge is 0.221 e. The average molecular weight is 242 g/mol. The Labute approximate surface area is 102 Å². The lowest BCUT2D eigenvalue weighted by molar-refractivity contribution is -0.126. The molecule has 0 aromatic carbocycles. The number of rotatable bonds is 3. The number of hydrogen-bond donors (Lipinski definition) is 1. The summed E-state index contributed by atoms with van der Waals surface area (Å²) in [6.07, 6.45) is 8.43. The second-order valence-electron chi connectivity index (χ2n) is 6.19. The maximum Gasteiger partial charge on any atom is 0.221 e. The first-order valence-electron chi connectivity index (χ1n) is 6.56. The number of halogens is 1. The summed E-state index contributed by atoms with van der Waals surface area (Å²) in [6, 6.07) is 0. The van der Waals surface area contributed by atoms with Crippen LogP contribution in [0.25, 0.3) is 0 Å². The molecule has 4 saturated carbocycles. The average Bonchev–Trinajstić information content (AvgIpc) is 2.13. The van der Waals surface area contributed by atoms with E-state index in [1.807, 2.05) is 0 Å². The van der Waals surface area contributed by atoms with Gasteiger partial charge in [-0.1, -0.05) is 0 Å². The Morgan fingerprint density at radius 2 is 1.62 bits per heavy atom. The summed E-state index contributed by atoms with van der Waals surface area (Å²) in [7, 11) is 0. The summed E-state index contributed by atoms with van der Waals surface area (Å²) in [4.78, 5) is 11.7. The van der Waals surface area contributed by atoms with Crippen LogP contribution in [0.4, 0.5) is 0 Å². The van der Waals surface area contributed by atoms with Crippen molar-refractivity contribution in [3.63, 3.8) is 0 Å². The molecule has 2 nitrogen and oxygen atoms in total. The predicted molar refractivity (Wildman–Crippen MR) is 64.4 cm³/mol. The zero-order valence-electron chi connectivity index (χ0n) is 9.68. The molecule has 16 heavy (non-hydrogen) atoms. The largest absolute Gasteiger partial charge is 0.351 e. The molecule has 0 saturated heterocycles. The van der Waals surface area contributed by atoms with Gasteiger partial charge in [-0.25, -0.2) is 0 Å². The Morgan fingerprint density at radius 3 is 2.06 bits per heavy atom. The number of carbonyl (C=O) groups is 1. The maximum absolute atomic E-state index is 11.7. The van der Waals surface area contributed by atoms with E-state index in [2.05, 4.69) is 5.32 Å². The van der Waals surface area contributed by atoms with Crippen molar-refractivity contribution in [3.05, 3.63) is 0 Å². The minimum absolute atomic E-state index is 0.164. The van der Waals surface area contributed by atoms with Crippen molar-refractivity contribution in [2.75, 3.05) is 5.88 Å². The molecule has 0 aromatic rings. The fourth-order valence-corrected chi connectivity index (χ4v) is 4.88. The van der Waals surface area contributed by atoms with E-state index < -0.39 is 0 Å². The molecule has 0 radical (unpaired) electrons. The van der Waals surface area contributed by atoms with Crippen LogP contribution >= 0.6 is 11.6 Å². The van der Waals surface area contributed by atoms with Crippen LogP contribution < -0.4 is 5.32 Å². The zero-order chi connectivity index (χ0) is 11.2. The summed E-state index contributed by atoms with van der Waals surface area (Å²) in [6.45, 7) is 0. The van der Waals surface area contributed by atoms with Crippen LogP contribution in [-0.2, 0) is 4.79 Å². The van der Waals surface area contributed by atoms with E-state index in [4.69, 9.17) is 11.6 Å². The van der Waals surface area contributed by atoms with Gasteiger partial charge in [-0.05, 0) is 56.3 Å². The van der Waals surface area contributed by atoms with E-state index in [1.165, 1.54) is 38.5 Å². The summed E-state index contributed by atoms with van der Waals surface area (Å²) < 4.78 is 0. The van der Waals surface area contributed by atoms with Crippen molar-refractivity contribution < 1.29 is 4.79 Å². The molecule has 0 atom stereocenters. The van der Waals surface area contributed by atoms with Gasteiger partial charge in [-0.2, -0.15) is 0 Å². The van der Waals surface area contributed by atoms with Crippen molar-refractivity contribution in [2.24, 2.45) is 17.8 Å². The third kappa shape index (κ3) is 1.85. The highest BCUT2D eigenvalue weighted by atomic mass is 35.5. The minimum atomic E-state index is 0.164. The van der Waals surface area contributed by atoms with Crippen molar-refractivity contribution in [3.8, 4) is 0 Å². The van der Waals surface area contributed by atoms with Gasteiger partial charge in [-0.3, -0.25) is 4.79 Å². The molecule has 4 aliphatic rings. The van der Waals surface area contributed by atoms with E-state index in [0.717, 1.165) is 17.8 Å². The first-order valence-corrected chi connectivity index (χ1v) is 7.09. The third-order valence-corrected chi connectivity index (χ3v) is 4.95. The molecule has 0 heterocycles. The highest BCUT2D eigenvalue weighted by Gasteiger charge is 2.51. The molecule has 1 N–H and O–H groups in total. The van der Waals surface area contributed by atoms with Crippen molar-refractivity contribution >= 4 is 17.5 Å². The minimum Gasteiger partial charge on any atom is -0.351 e. The van der Waals surface area contributed by atoms with Crippen LogP contribution in [0, 0.1) is 17.8 Å². The Morgan fingerprint density at radius 1 is 1.12 bits per heavy atom. The van der Waals surface area contributed by atoms with Gasteiger partial charge < -0.3 is 5.32 Å². The van der Waals surface area contributed by atoms with E-state index in [-0.39, 0.29) is 11.4 Å². The Kier molecular flexibility index (Phi) is 2.66. The summed E-state index contributed by atoms with van der Waals surface area (Å²) in [5, 5.41) is 3.30. The summed E-state index contributed by atoms with van der Waals surface area (Å²) >= 11 is 5.62. The SMILES string of the molecule is O=C(CCCl)NC12CC3CC(CC(C3)C1)C2. The Bertz CT molecular complexity index is 267. The predicted octanol–water partition coefficient (Wildman–Crippen LogP) is 2.70. The number of hydrogen-bond acceptors (Lipinski definition) is 1. The van der Waals surface area contributed by atoms with Crippen LogP contribution in [0.15, 0.2) is 0 Å². The Hall–Kier alpha value is -0.240. The molecule has 0 aliphatic heterocycles. The fourth-order valence-electron chi connectivity index (χ4n) is 4.71. The van der Waals surface area contributed by atoms with Crippen LogP contribution in [-0.4, -0.2) is 17.3 Å². The van der Waals surface area contributed by atoms with Crippen LogP contribution in [0.5, 0.6) is 0 Å². The van der Waals surface area contributed by atoms with Gasteiger partial charge in [0, 0.05) is 17.8 Å². The monoisotopic (exact) mass is 241 g/mol. The van der Waals surface area contributed by atoms with E-state index >= 15 is 0 Å². The molecule has 4 fully saturated rings. The van der Waals surface area contributed by atoms with Crippen molar-refractivity contribution in [1.29, 1.82) is 0 Å². The molecule has 4 aliphatic carbocycles. The first kappa shape index (κ1) is 10.9. The standard InChI is InChI=1S/C13H20ClNO/c14-2-1-12(16)15-13-6-9-3-10(7-13)5-11(4-9)8-13/h9-11H,1-8H2,(H,15,16). The third-order valence-electron chi connectivity index (χ3n) is 4.76. The highest BCUT2D eigenvalue weighted by molar-refractivity contribution is 6.18. The van der Waals surface area contributed by atoms with Gasteiger partial charge in [0.05, 0.1) is 0 Å². The van der Waals surface area contributed by atoms with E-state index in [0.29, 0.717) is 12.3 Å². The number of alkyl halides is 1. The topological polar surface area (TPSA) is 29.1 Å². The normalized spacial score (nSPS) is 44.7. The van der Waals surface area contributed by atoms with Crippen molar-refractivity contribution in [1.82, 2.24) is 5.32 Å². The lowest BCUT2D eigenvalue weighted by atomic mass is 9.53. The molecule has 0 unspecified atom stereocenters. The molecule has 3 heteroatoms. The van der Waals surface area contributed by atoms with Gasteiger partial charge in [-0.15, -0.1) is 11.6 Å². The molecule has 4 rings (SSSR count).